The fraction of sp³-hybridized carbons (Fsp3) is 0.125. The summed E-state index contributed by atoms with van der Waals surface area (Å²) in [6, 6.07) is 8.03. The monoisotopic (exact) mass is 234 g/mol. The zero-order chi connectivity index (χ0) is 12.4. The molecule has 0 N–H and O–H groups in total. The van der Waals surface area contributed by atoms with E-state index in [2.05, 4.69) is 28.7 Å². The summed E-state index contributed by atoms with van der Waals surface area (Å²) >= 11 is 0. The van der Waals surface area contributed by atoms with Crippen LogP contribution in [0.2, 0.25) is 0 Å². The van der Waals surface area contributed by atoms with Gasteiger partial charge in [-0.3, -0.25) is 0 Å². The Morgan fingerprint density at radius 2 is 2.11 bits per heavy atom. The van der Waals surface area contributed by atoms with Crippen LogP contribution in [0.1, 0.15) is 12.2 Å². The molecule has 1 aromatic carbocycles. The van der Waals surface area contributed by atoms with Crippen molar-refractivity contribution >= 4 is 10.9 Å². The SMILES string of the molecule is C=CC1(c2ncc3ccccc3n2)C=CC=CC1. The number of hydrogen-bond donors (Lipinski definition) is 0. The Balaban J connectivity index is 2.16. The van der Waals surface area contributed by atoms with Crippen LogP contribution in [-0.2, 0) is 5.41 Å². The highest BCUT2D eigenvalue weighted by molar-refractivity contribution is 5.77. The number of para-hydroxylation sites is 1. The van der Waals surface area contributed by atoms with Gasteiger partial charge in [0.2, 0.25) is 0 Å². The van der Waals surface area contributed by atoms with E-state index in [1.807, 2.05) is 48.7 Å². The molecule has 2 nitrogen and oxygen atoms in total. The normalized spacial score (nSPS) is 22.2. The third-order valence-electron chi connectivity index (χ3n) is 3.37. The molecule has 18 heavy (non-hydrogen) atoms. The molecule has 0 saturated heterocycles. The lowest BCUT2D eigenvalue weighted by molar-refractivity contribution is 0.627. The summed E-state index contributed by atoms with van der Waals surface area (Å²) in [5.74, 6) is 0.816. The van der Waals surface area contributed by atoms with Crippen molar-refractivity contribution < 1.29 is 0 Å². The second-order valence-electron chi connectivity index (χ2n) is 4.49. The molecule has 0 saturated carbocycles. The van der Waals surface area contributed by atoms with Crippen LogP contribution in [0.15, 0.2) is 67.4 Å². The van der Waals surface area contributed by atoms with Gasteiger partial charge in [-0.05, 0) is 12.5 Å². The summed E-state index contributed by atoms with van der Waals surface area (Å²) in [7, 11) is 0. The largest absolute Gasteiger partial charge is 0.239 e. The van der Waals surface area contributed by atoms with Crippen LogP contribution in [-0.4, -0.2) is 9.97 Å². The Hall–Kier alpha value is -2.22. The summed E-state index contributed by atoms with van der Waals surface area (Å²) in [6.07, 6.45) is 13.0. The predicted molar refractivity (Wildman–Crippen MR) is 74.3 cm³/mol. The van der Waals surface area contributed by atoms with Crippen molar-refractivity contribution in [2.75, 3.05) is 0 Å². The molecule has 88 valence electrons. The molecule has 1 heterocycles. The minimum Gasteiger partial charge on any atom is -0.239 e. The van der Waals surface area contributed by atoms with Gasteiger partial charge in [0.05, 0.1) is 10.9 Å². The van der Waals surface area contributed by atoms with Gasteiger partial charge in [-0.2, -0.15) is 0 Å². The number of allylic oxidation sites excluding steroid dienone is 5. The van der Waals surface area contributed by atoms with Crippen LogP contribution in [0.5, 0.6) is 0 Å². The van der Waals surface area contributed by atoms with E-state index in [0.29, 0.717) is 0 Å². The fourth-order valence-corrected chi connectivity index (χ4v) is 2.24. The highest BCUT2D eigenvalue weighted by Gasteiger charge is 2.28. The minimum atomic E-state index is -0.265. The van der Waals surface area contributed by atoms with E-state index in [0.717, 1.165) is 23.1 Å². The van der Waals surface area contributed by atoms with Crippen molar-refractivity contribution in [3.8, 4) is 0 Å². The molecule has 0 bridgehead atoms. The number of nitrogens with zero attached hydrogens (tertiary/aromatic N) is 2. The first-order valence-corrected chi connectivity index (χ1v) is 6.04. The van der Waals surface area contributed by atoms with E-state index < -0.39 is 0 Å². The van der Waals surface area contributed by atoms with Gasteiger partial charge in [0.1, 0.15) is 5.82 Å². The molecule has 1 aliphatic carbocycles. The molecule has 0 radical (unpaired) electrons. The molecule has 2 heteroatoms. The van der Waals surface area contributed by atoms with E-state index in [1.165, 1.54) is 0 Å². The maximum Gasteiger partial charge on any atom is 0.142 e. The van der Waals surface area contributed by atoms with E-state index in [4.69, 9.17) is 0 Å². The molecule has 2 aromatic rings. The molecule has 0 aliphatic heterocycles. The highest BCUT2D eigenvalue weighted by atomic mass is 14.9. The van der Waals surface area contributed by atoms with Crippen LogP contribution < -0.4 is 0 Å². The van der Waals surface area contributed by atoms with Crippen molar-refractivity contribution in [1.82, 2.24) is 9.97 Å². The van der Waals surface area contributed by atoms with Crippen molar-refractivity contribution in [3.63, 3.8) is 0 Å². The number of hydrogen-bond acceptors (Lipinski definition) is 2. The lowest BCUT2D eigenvalue weighted by Gasteiger charge is -2.25. The Labute approximate surface area is 106 Å². The molecule has 1 atom stereocenters. The molecule has 0 spiro atoms. The van der Waals surface area contributed by atoms with Crippen molar-refractivity contribution in [3.05, 3.63) is 73.2 Å². The lowest BCUT2D eigenvalue weighted by Crippen LogP contribution is -2.24. The number of fused-ring (bicyclic) bond motifs is 1. The smallest absolute Gasteiger partial charge is 0.142 e. The molecule has 0 fully saturated rings. The van der Waals surface area contributed by atoms with Gasteiger partial charge < -0.3 is 0 Å². The number of rotatable bonds is 2. The van der Waals surface area contributed by atoms with Crippen molar-refractivity contribution in [2.24, 2.45) is 0 Å². The van der Waals surface area contributed by atoms with Gasteiger partial charge >= 0.3 is 0 Å². The zero-order valence-corrected chi connectivity index (χ0v) is 10.1. The summed E-state index contributed by atoms with van der Waals surface area (Å²) < 4.78 is 0. The van der Waals surface area contributed by atoms with E-state index >= 15 is 0 Å². The van der Waals surface area contributed by atoms with Crippen LogP contribution in [0.25, 0.3) is 10.9 Å². The first-order valence-electron chi connectivity index (χ1n) is 6.04. The molecular formula is C16H14N2. The van der Waals surface area contributed by atoms with E-state index in [1.54, 1.807) is 0 Å². The third kappa shape index (κ3) is 1.66. The molecular weight excluding hydrogens is 220 g/mol. The summed E-state index contributed by atoms with van der Waals surface area (Å²) in [5, 5.41) is 1.07. The predicted octanol–water partition coefficient (Wildman–Crippen LogP) is 3.57. The number of aromatic nitrogens is 2. The maximum atomic E-state index is 4.67. The lowest BCUT2D eigenvalue weighted by atomic mass is 9.81. The van der Waals surface area contributed by atoms with Gasteiger partial charge in [0, 0.05) is 11.6 Å². The minimum absolute atomic E-state index is 0.265. The Morgan fingerprint density at radius 3 is 2.89 bits per heavy atom. The van der Waals surface area contributed by atoms with Gasteiger partial charge in [-0.25, -0.2) is 9.97 Å². The van der Waals surface area contributed by atoms with Crippen molar-refractivity contribution in [2.45, 2.75) is 11.8 Å². The third-order valence-corrected chi connectivity index (χ3v) is 3.37. The van der Waals surface area contributed by atoms with Crippen LogP contribution >= 0.6 is 0 Å². The Bertz CT molecular complexity index is 655. The van der Waals surface area contributed by atoms with Gasteiger partial charge in [-0.1, -0.05) is 48.6 Å². The van der Waals surface area contributed by atoms with Gasteiger partial charge in [-0.15, -0.1) is 6.58 Å². The quantitative estimate of drug-likeness (QED) is 0.742. The molecule has 1 aromatic heterocycles. The van der Waals surface area contributed by atoms with Gasteiger partial charge in [0.15, 0.2) is 0 Å². The first-order chi connectivity index (χ1) is 8.84. The molecule has 1 unspecified atom stereocenters. The van der Waals surface area contributed by atoms with Crippen LogP contribution in [0.4, 0.5) is 0 Å². The van der Waals surface area contributed by atoms with E-state index in [9.17, 15) is 0 Å². The molecule has 1 aliphatic rings. The summed E-state index contributed by atoms with van der Waals surface area (Å²) in [5.41, 5.74) is 0.713. The number of benzene rings is 1. The molecule has 3 rings (SSSR count). The standard InChI is InChI=1S/C16H14N2/c1-2-16(10-6-3-7-11-16)15-17-12-13-8-4-5-9-14(13)18-15/h2-10,12H,1,11H2. The fourth-order valence-electron chi connectivity index (χ4n) is 2.24. The zero-order valence-electron chi connectivity index (χ0n) is 10.1. The Morgan fingerprint density at radius 1 is 1.22 bits per heavy atom. The molecule has 0 amide bonds. The average molecular weight is 234 g/mol. The van der Waals surface area contributed by atoms with Crippen molar-refractivity contribution in [1.29, 1.82) is 0 Å². The van der Waals surface area contributed by atoms with Crippen LogP contribution in [0, 0.1) is 0 Å². The topological polar surface area (TPSA) is 25.8 Å². The first kappa shape index (κ1) is 10.9. The van der Waals surface area contributed by atoms with Crippen LogP contribution in [0.3, 0.4) is 0 Å². The summed E-state index contributed by atoms with van der Waals surface area (Å²) in [6.45, 7) is 3.95. The van der Waals surface area contributed by atoms with Gasteiger partial charge in [0.25, 0.3) is 0 Å². The van der Waals surface area contributed by atoms with E-state index in [-0.39, 0.29) is 5.41 Å². The summed E-state index contributed by atoms with van der Waals surface area (Å²) in [4.78, 5) is 9.18. The average Bonchev–Trinajstić information content (AvgIpc) is 2.47. The maximum absolute atomic E-state index is 4.67. The second-order valence-corrected chi connectivity index (χ2v) is 4.49. The second kappa shape index (κ2) is 4.22. The Kier molecular flexibility index (Phi) is 2.56. The highest BCUT2D eigenvalue weighted by Crippen LogP contribution is 2.31.